The zero-order valence-corrected chi connectivity index (χ0v) is 16.2. The molecule has 0 spiro atoms. The first-order valence-electron chi connectivity index (χ1n) is 9.34. The van der Waals surface area contributed by atoms with Crippen LogP contribution >= 0.6 is 0 Å². The van der Waals surface area contributed by atoms with E-state index < -0.39 is 0 Å². The van der Waals surface area contributed by atoms with Gasteiger partial charge in [0.05, 0.1) is 18.2 Å². The first kappa shape index (κ1) is 19.1. The maximum Gasteiger partial charge on any atom is 0.256 e. The Labute approximate surface area is 172 Å². The molecule has 2 aromatic heterocycles. The number of H-pyrrole nitrogens is 1. The summed E-state index contributed by atoms with van der Waals surface area (Å²) in [5.74, 6) is -0.567. The monoisotopic (exact) mass is 397 g/mol. The van der Waals surface area contributed by atoms with Crippen LogP contribution < -0.4 is 10.6 Å². The number of nitrogens with one attached hydrogen (secondary N) is 3. The first-order valence-corrected chi connectivity index (χ1v) is 9.34. The number of fused-ring (bicyclic) bond motifs is 1. The number of hydrogen-bond acceptors (Lipinski definition) is 4. The average molecular weight is 397 g/mol. The average Bonchev–Trinajstić information content (AvgIpc) is 3.22. The number of nitrogens with zero attached hydrogens (tertiary/aromatic N) is 2. The van der Waals surface area contributed by atoms with Crippen LogP contribution in [0.1, 0.15) is 21.5 Å². The van der Waals surface area contributed by atoms with Crippen molar-refractivity contribution in [3.05, 3.63) is 89.9 Å². The van der Waals surface area contributed by atoms with Gasteiger partial charge < -0.3 is 15.6 Å². The summed E-state index contributed by atoms with van der Waals surface area (Å²) < 4.78 is 0. The number of pyridine rings is 1. The molecule has 0 aliphatic carbocycles. The Morgan fingerprint density at radius 3 is 2.63 bits per heavy atom. The first-order chi connectivity index (χ1) is 14.6. The minimum Gasteiger partial charge on any atom is -0.329 e. The number of aromatic amines is 1. The van der Waals surface area contributed by atoms with Gasteiger partial charge in [-0.3, -0.25) is 9.59 Å². The number of carbonyl (C=O) groups excluding carboxylic acids is 2. The van der Waals surface area contributed by atoms with E-state index in [9.17, 15) is 9.59 Å². The van der Waals surface area contributed by atoms with Crippen molar-refractivity contribution in [2.75, 3.05) is 10.6 Å². The summed E-state index contributed by atoms with van der Waals surface area (Å²) >= 11 is 0. The Morgan fingerprint density at radius 1 is 0.967 bits per heavy atom. The molecule has 30 heavy (non-hydrogen) atoms. The van der Waals surface area contributed by atoms with Gasteiger partial charge >= 0.3 is 0 Å². The molecular weight excluding hydrogens is 378 g/mol. The van der Waals surface area contributed by atoms with Gasteiger partial charge in [0.25, 0.3) is 5.91 Å². The summed E-state index contributed by atoms with van der Waals surface area (Å²) in [4.78, 5) is 36.3. The van der Waals surface area contributed by atoms with Crippen molar-refractivity contribution in [2.24, 2.45) is 0 Å². The molecule has 7 heteroatoms. The second-order valence-electron chi connectivity index (χ2n) is 6.71. The molecule has 2 heterocycles. The maximum absolute atomic E-state index is 12.8. The third kappa shape index (κ3) is 4.41. The Kier molecular flexibility index (Phi) is 5.34. The van der Waals surface area contributed by atoms with E-state index in [1.807, 2.05) is 37.3 Å². The summed E-state index contributed by atoms with van der Waals surface area (Å²) in [5.41, 5.74) is 4.57. The lowest BCUT2D eigenvalue weighted by molar-refractivity contribution is -0.111. The van der Waals surface area contributed by atoms with Gasteiger partial charge in [0.15, 0.2) is 5.65 Å². The Bertz CT molecular complexity index is 1240. The lowest BCUT2D eigenvalue weighted by Gasteiger charge is -2.10. The minimum absolute atomic E-state index is 0.276. The van der Waals surface area contributed by atoms with Gasteiger partial charge in [-0.25, -0.2) is 9.97 Å². The van der Waals surface area contributed by atoms with Crippen LogP contribution in [0.4, 0.5) is 11.4 Å². The zero-order chi connectivity index (χ0) is 20.9. The SMILES string of the molecule is Cc1ccc(NC(=O)/C=C/c2ccccc2)cc1C(=O)Nc1cnc2[nH]cnc2c1. The molecule has 0 bridgehead atoms. The molecule has 0 aliphatic rings. The number of carbonyl (C=O) groups is 2. The number of rotatable bonds is 5. The molecule has 0 aliphatic heterocycles. The third-order valence-corrected chi connectivity index (χ3v) is 4.51. The van der Waals surface area contributed by atoms with E-state index in [1.165, 1.54) is 6.08 Å². The van der Waals surface area contributed by atoms with E-state index >= 15 is 0 Å². The normalized spacial score (nSPS) is 11.0. The molecule has 0 saturated heterocycles. The maximum atomic E-state index is 12.8. The fourth-order valence-corrected chi connectivity index (χ4v) is 2.96. The fraction of sp³-hybridized carbons (Fsp3) is 0.0435. The molecule has 0 saturated carbocycles. The number of aromatic nitrogens is 3. The topological polar surface area (TPSA) is 99.8 Å². The quantitative estimate of drug-likeness (QED) is 0.440. The van der Waals surface area contributed by atoms with Crippen molar-refractivity contribution in [2.45, 2.75) is 6.92 Å². The number of aryl methyl sites for hydroxylation is 1. The summed E-state index contributed by atoms with van der Waals surface area (Å²) in [7, 11) is 0. The van der Waals surface area contributed by atoms with E-state index in [1.54, 1.807) is 42.9 Å². The second kappa shape index (κ2) is 8.40. The standard InChI is InChI=1S/C23H19N5O2/c1-15-7-9-17(27-21(29)10-8-16-5-3-2-4-6-16)11-19(15)23(30)28-18-12-20-22(24-13-18)26-14-25-20/h2-14H,1H3,(H,27,29)(H,28,30)(H,24,25,26)/b10-8+. The van der Waals surface area contributed by atoms with Gasteiger partial charge in [-0.1, -0.05) is 36.4 Å². The van der Waals surface area contributed by atoms with Crippen LogP contribution in [0, 0.1) is 6.92 Å². The van der Waals surface area contributed by atoms with Gasteiger partial charge in [0, 0.05) is 17.3 Å². The smallest absolute Gasteiger partial charge is 0.256 e. The highest BCUT2D eigenvalue weighted by molar-refractivity contribution is 6.07. The van der Waals surface area contributed by atoms with Gasteiger partial charge in [-0.15, -0.1) is 0 Å². The Morgan fingerprint density at radius 2 is 1.80 bits per heavy atom. The molecule has 0 radical (unpaired) electrons. The molecule has 4 rings (SSSR count). The predicted octanol–water partition coefficient (Wildman–Crippen LogP) is 4.17. The van der Waals surface area contributed by atoms with Crippen LogP contribution in [-0.2, 0) is 4.79 Å². The van der Waals surface area contributed by atoms with Crippen LogP contribution in [0.15, 0.2) is 73.2 Å². The van der Waals surface area contributed by atoms with Crippen LogP contribution in [0.5, 0.6) is 0 Å². The summed E-state index contributed by atoms with van der Waals surface area (Å²) in [6.07, 6.45) is 6.30. The molecule has 2 aromatic carbocycles. The lowest BCUT2D eigenvalue weighted by atomic mass is 10.1. The third-order valence-electron chi connectivity index (χ3n) is 4.51. The van der Waals surface area contributed by atoms with E-state index in [-0.39, 0.29) is 11.8 Å². The number of imidazole rings is 1. The molecular formula is C23H19N5O2. The molecule has 148 valence electrons. The van der Waals surface area contributed by atoms with Crippen LogP contribution in [0.3, 0.4) is 0 Å². The predicted molar refractivity (Wildman–Crippen MR) is 117 cm³/mol. The largest absolute Gasteiger partial charge is 0.329 e. The van der Waals surface area contributed by atoms with Crippen molar-refractivity contribution in [3.63, 3.8) is 0 Å². The Hall–Kier alpha value is -4.26. The number of amides is 2. The van der Waals surface area contributed by atoms with Crippen molar-refractivity contribution in [3.8, 4) is 0 Å². The molecule has 3 N–H and O–H groups in total. The highest BCUT2D eigenvalue weighted by Crippen LogP contribution is 2.19. The summed E-state index contributed by atoms with van der Waals surface area (Å²) in [6.45, 7) is 1.84. The molecule has 0 unspecified atom stereocenters. The zero-order valence-electron chi connectivity index (χ0n) is 16.2. The minimum atomic E-state index is -0.292. The molecule has 0 fully saturated rings. The molecule has 7 nitrogen and oxygen atoms in total. The van der Waals surface area contributed by atoms with Gasteiger partial charge in [-0.05, 0) is 42.3 Å². The van der Waals surface area contributed by atoms with Crippen LogP contribution in [0.2, 0.25) is 0 Å². The number of hydrogen-bond donors (Lipinski definition) is 3. The number of anilines is 2. The highest BCUT2D eigenvalue weighted by Gasteiger charge is 2.12. The highest BCUT2D eigenvalue weighted by atomic mass is 16.2. The van der Waals surface area contributed by atoms with E-state index in [0.29, 0.717) is 28.1 Å². The van der Waals surface area contributed by atoms with Gasteiger partial charge in [0.2, 0.25) is 5.91 Å². The van der Waals surface area contributed by atoms with Crippen LogP contribution in [-0.4, -0.2) is 26.8 Å². The van der Waals surface area contributed by atoms with Gasteiger partial charge in [-0.2, -0.15) is 0 Å². The van der Waals surface area contributed by atoms with E-state index in [0.717, 1.165) is 11.1 Å². The van der Waals surface area contributed by atoms with Crippen molar-refractivity contribution < 1.29 is 9.59 Å². The van der Waals surface area contributed by atoms with E-state index in [4.69, 9.17) is 0 Å². The fourth-order valence-electron chi connectivity index (χ4n) is 2.96. The van der Waals surface area contributed by atoms with Crippen LogP contribution in [0.25, 0.3) is 17.2 Å². The number of benzene rings is 2. The molecule has 4 aromatic rings. The summed E-state index contributed by atoms with van der Waals surface area (Å²) in [6, 6.07) is 16.5. The van der Waals surface area contributed by atoms with Gasteiger partial charge in [0.1, 0.15) is 5.52 Å². The van der Waals surface area contributed by atoms with Crippen molar-refractivity contribution >= 4 is 40.4 Å². The molecule has 0 atom stereocenters. The molecule has 2 amide bonds. The summed E-state index contributed by atoms with van der Waals surface area (Å²) in [5, 5.41) is 5.61. The lowest BCUT2D eigenvalue weighted by Crippen LogP contribution is -2.15. The van der Waals surface area contributed by atoms with E-state index in [2.05, 4.69) is 25.6 Å². The Balaban J connectivity index is 1.47. The second-order valence-corrected chi connectivity index (χ2v) is 6.71. The van der Waals surface area contributed by atoms with Crippen molar-refractivity contribution in [1.29, 1.82) is 0 Å². The van der Waals surface area contributed by atoms with Crippen molar-refractivity contribution in [1.82, 2.24) is 15.0 Å².